The van der Waals surface area contributed by atoms with Crippen molar-refractivity contribution < 1.29 is 18.8 Å². The first-order valence-corrected chi connectivity index (χ1v) is 11.0. The number of aryl methyl sites for hydroxylation is 1. The fourth-order valence-electron chi connectivity index (χ4n) is 4.31. The standard InChI is InChI=1S/C24H31FN4O3/c1-5-20-22(17(4)30)15(2)26-23(20)21(31)14-28-9-11-29(12-10-28)16(3)24(32)27-19-8-6-7-18(25)13-19/h6-8,13,16,26H,5,9-12,14H2,1-4H3,(H,27,32). The van der Waals surface area contributed by atoms with Gasteiger partial charge >= 0.3 is 0 Å². The van der Waals surface area contributed by atoms with Gasteiger partial charge in [-0.05, 0) is 51.0 Å². The number of nitrogens with one attached hydrogen (secondary N) is 2. The Balaban J connectivity index is 1.55. The highest BCUT2D eigenvalue weighted by molar-refractivity contribution is 6.04. The number of carbonyl (C=O) groups excluding carboxylic acids is 3. The lowest BCUT2D eigenvalue weighted by Gasteiger charge is -2.37. The number of amides is 1. The van der Waals surface area contributed by atoms with Crippen LogP contribution in [0.3, 0.4) is 0 Å². The molecule has 2 aromatic rings. The van der Waals surface area contributed by atoms with E-state index in [-0.39, 0.29) is 30.1 Å². The lowest BCUT2D eigenvalue weighted by Crippen LogP contribution is -2.53. The van der Waals surface area contributed by atoms with E-state index in [0.717, 1.165) is 11.3 Å². The zero-order chi connectivity index (χ0) is 23.4. The van der Waals surface area contributed by atoms with Crippen LogP contribution in [0, 0.1) is 12.7 Å². The van der Waals surface area contributed by atoms with Gasteiger partial charge in [0, 0.05) is 43.1 Å². The van der Waals surface area contributed by atoms with Crippen LogP contribution in [0.25, 0.3) is 0 Å². The summed E-state index contributed by atoms with van der Waals surface area (Å²) in [6, 6.07) is 5.46. The monoisotopic (exact) mass is 442 g/mol. The largest absolute Gasteiger partial charge is 0.355 e. The number of piperazine rings is 1. The summed E-state index contributed by atoms with van der Waals surface area (Å²) in [5.41, 5.74) is 3.12. The molecule has 1 saturated heterocycles. The molecule has 1 aromatic carbocycles. The van der Waals surface area contributed by atoms with Gasteiger partial charge in [-0.25, -0.2) is 4.39 Å². The van der Waals surface area contributed by atoms with Gasteiger partial charge in [-0.3, -0.25) is 24.2 Å². The highest BCUT2D eigenvalue weighted by Gasteiger charge is 2.28. The first-order valence-electron chi connectivity index (χ1n) is 11.0. The second kappa shape index (κ2) is 10.2. The highest BCUT2D eigenvalue weighted by atomic mass is 19.1. The van der Waals surface area contributed by atoms with E-state index in [9.17, 15) is 18.8 Å². The summed E-state index contributed by atoms with van der Waals surface area (Å²) < 4.78 is 13.3. The van der Waals surface area contributed by atoms with Crippen molar-refractivity contribution in [3.8, 4) is 0 Å². The van der Waals surface area contributed by atoms with Crippen LogP contribution in [0.4, 0.5) is 10.1 Å². The van der Waals surface area contributed by atoms with Crippen molar-refractivity contribution in [1.82, 2.24) is 14.8 Å². The molecule has 7 nitrogen and oxygen atoms in total. The quantitative estimate of drug-likeness (QED) is 0.614. The first-order chi connectivity index (χ1) is 15.2. The summed E-state index contributed by atoms with van der Waals surface area (Å²) in [6.45, 7) is 9.99. The molecule has 0 aliphatic carbocycles. The van der Waals surface area contributed by atoms with E-state index in [4.69, 9.17) is 0 Å². The van der Waals surface area contributed by atoms with Crippen LogP contribution < -0.4 is 5.32 Å². The van der Waals surface area contributed by atoms with Crippen LogP contribution in [-0.4, -0.2) is 71.0 Å². The van der Waals surface area contributed by atoms with Gasteiger partial charge < -0.3 is 10.3 Å². The number of nitrogens with zero attached hydrogens (tertiary/aromatic N) is 2. The van der Waals surface area contributed by atoms with Crippen LogP contribution in [0.2, 0.25) is 0 Å². The lowest BCUT2D eigenvalue weighted by molar-refractivity contribution is -0.121. The van der Waals surface area contributed by atoms with Gasteiger partial charge in [0.05, 0.1) is 18.3 Å². The number of ketones is 2. The van der Waals surface area contributed by atoms with E-state index in [0.29, 0.717) is 49.5 Å². The molecular formula is C24H31FN4O3. The van der Waals surface area contributed by atoms with Crippen molar-refractivity contribution in [2.75, 3.05) is 38.0 Å². The second-order valence-corrected chi connectivity index (χ2v) is 8.30. The van der Waals surface area contributed by atoms with Crippen molar-refractivity contribution >= 4 is 23.2 Å². The predicted molar refractivity (Wildman–Crippen MR) is 122 cm³/mol. The summed E-state index contributed by atoms with van der Waals surface area (Å²) in [5, 5.41) is 2.75. The van der Waals surface area contributed by atoms with Gasteiger partial charge in [0.1, 0.15) is 5.82 Å². The number of carbonyl (C=O) groups is 3. The molecular weight excluding hydrogens is 411 g/mol. The van der Waals surface area contributed by atoms with E-state index < -0.39 is 5.82 Å². The number of hydrogen-bond donors (Lipinski definition) is 2. The zero-order valence-electron chi connectivity index (χ0n) is 19.1. The van der Waals surface area contributed by atoms with Gasteiger partial charge in [0.2, 0.25) is 5.91 Å². The minimum atomic E-state index is -0.396. The molecule has 0 spiro atoms. The number of rotatable bonds is 8. The Hall–Kier alpha value is -2.84. The molecule has 8 heteroatoms. The highest BCUT2D eigenvalue weighted by Crippen LogP contribution is 2.21. The second-order valence-electron chi connectivity index (χ2n) is 8.30. The minimum Gasteiger partial charge on any atom is -0.355 e. The SMILES string of the molecule is CCc1c(C(=O)CN2CCN(C(C)C(=O)Nc3cccc(F)c3)CC2)[nH]c(C)c1C(C)=O. The normalized spacial score (nSPS) is 16.0. The fraction of sp³-hybridized carbons (Fsp3) is 0.458. The smallest absolute Gasteiger partial charge is 0.241 e. The van der Waals surface area contributed by atoms with E-state index in [1.807, 2.05) is 20.8 Å². The van der Waals surface area contributed by atoms with Crippen molar-refractivity contribution in [2.24, 2.45) is 0 Å². The Kier molecular flexibility index (Phi) is 7.58. The summed E-state index contributed by atoms with van der Waals surface area (Å²) in [6.07, 6.45) is 0.617. The van der Waals surface area contributed by atoms with Crippen molar-refractivity contribution in [3.63, 3.8) is 0 Å². The van der Waals surface area contributed by atoms with Gasteiger partial charge in [0.15, 0.2) is 11.6 Å². The molecule has 1 aromatic heterocycles. The third-order valence-corrected chi connectivity index (χ3v) is 6.07. The van der Waals surface area contributed by atoms with E-state index >= 15 is 0 Å². The zero-order valence-corrected chi connectivity index (χ0v) is 19.1. The summed E-state index contributed by atoms with van der Waals surface area (Å²) in [5.74, 6) is -0.643. The Morgan fingerprint density at radius 3 is 2.47 bits per heavy atom. The van der Waals surface area contributed by atoms with Crippen LogP contribution in [0.15, 0.2) is 24.3 Å². The summed E-state index contributed by atoms with van der Waals surface area (Å²) in [7, 11) is 0. The fourth-order valence-corrected chi connectivity index (χ4v) is 4.31. The number of Topliss-reactive ketones (excluding diaryl/α,β-unsaturated/α-hetero) is 2. The summed E-state index contributed by atoms with van der Waals surface area (Å²) >= 11 is 0. The molecule has 1 atom stereocenters. The molecule has 1 unspecified atom stereocenters. The van der Waals surface area contributed by atoms with Crippen molar-refractivity contribution in [1.29, 1.82) is 0 Å². The molecule has 1 fully saturated rings. The van der Waals surface area contributed by atoms with Gasteiger partial charge in [-0.2, -0.15) is 0 Å². The Morgan fingerprint density at radius 2 is 1.88 bits per heavy atom. The lowest BCUT2D eigenvalue weighted by atomic mass is 10.0. The Bertz CT molecular complexity index is 1010. The Labute approximate surface area is 188 Å². The molecule has 32 heavy (non-hydrogen) atoms. The maximum atomic E-state index is 13.3. The molecule has 1 amide bonds. The van der Waals surface area contributed by atoms with Gasteiger partial charge in [0.25, 0.3) is 0 Å². The van der Waals surface area contributed by atoms with E-state index in [2.05, 4.69) is 20.1 Å². The number of H-pyrrole nitrogens is 1. The maximum absolute atomic E-state index is 13.3. The number of benzene rings is 1. The minimum absolute atomic E-state index is 0.0252. The molecule has 1 aliphatic rings. The van der Waals surface area contributed by atoms with Crippen molar-refractivity contribution in [3.05, 3.63) is 52.6 Å². The molecule has 2 heterocycles. The van der Waals surface area contributed by atoms with Crippen molar-refractivity contribution in [2.45, 2.75) is 40.2 Å². The molecule has 3 rings (SSSR count). The molecule has 0 saturated carbocycles. The number of hydrogen-bond acceptors (Lipinski definition) is 5. The average Bonchev–Trinajstić information content (AvgIpc) is 3.10. The van der Waals surface area contributed by atoms with Gasteiger partial charge in [-0.15, -0.1) is 0 Å². The first kappa shape index (κ1) is 23.8. The number of aromatic nitrogens is 1. The van der Waals surface area contributed by atoms with E-state index in [1.54, 1.807) is 12.1 Å². The van der Waals surface area contributed by atoms with Crippen LogP contribution in [0.5, 0.6) is 0 Å². The number of aromatic amines is 1. The van der Waals surface area contributed by atoms with Crippen LogP contribution >= 0.6 is 0 Å². The number of halogens is 1. The molecule has 0 bridgehead atoms. The molecule has 172 valence electrons. The van der Waals surface area contributed by atoms with E-state index in [1.165, 1.54) is 19.1 Å². The van der Waals surface area contributed by atoms with Crippen LogP contribution in [-0.2, 0) is 11.2 Å². The Morgan fingerprint density at radius 1 is 1.19 bits per heavy atom. The molecule has 0 radical (unpaired) electrons. The average molecular weight is 443 g/mol. The van der Waals surface area contributed by atoms with Gasteiger partial charge in [-0.1, -0.05) is 13.0 Å². The summed E-state index contributed by atoms with van der Waals surface area (Å²) in [4.78, 5) is 44.7. The van der Waals surface area contributed by atoms with Crippen LogP contribution in [0.1, 0.15) is 52.9 Å². The third-order valence-electron chi connectivity index (χ3n) is 6.07. The topological polar surface area (TPSA) is 85.5 Å². The molecule has 1 aliphatic heterocycles. The number of anilines is 1. The predicted octanol–water partition coefficient (Wildman–Crippen LogP) is 3.05. The third kappa shape index (κ3) is 5.31. The maximum Gasteiger partial charge on any atom is 0.241 e. The molecule has 2 N–H and O–H groups in total.